The SMILES string of the molecule is O=Cc1ccc(OCc2cc(=O)oc3ccc(Cl)cc23)cc1. The van der Waals surface area contributed by atoms with Gasteiger partial charge in [0.05, 0.1) is 0 Å². The Bertz CT molecular complexity index is 881. The molecule has 0 aliphatic rings. The van der Waals surface area contributed by atoms with Crippen molar-refractivity contribution in [3.63, 3.8) is 0 Å². The Morgan fingerprint density at radius 1 is 1.09 bits per heavy atom. The van der Waals surface area contributed by atoms with Crippen molar-refractivity contribution in [3.05, 3.63) is 75.1 Å². The van der Waals surface area contributed by atoms with E-state index in [0.29, 0.717) is 27.5 Å². The molecule has 22 heavy (non-hydrogen) atoms. The molecule has 0 spiro atoms. The van der Waals surface area contributed by atoms with E-state index in [4.69, 9.17) is 20.8 Å². The first-order valence-corrected chi connectivity index (χ1v) is 6.94. The molecule has 1 heterocycles. The van der Waals surface area contributed by atoms with Gasteiger partial charge in [0.2, 0.25) is 0 Å². The van der Waals surface area contributed by atoms with E-state index in [9.17, 15) is 9.59 Å². The maximum atomic E-state index is 11.6. The summed E-state index contributed by atoms with van der Waals surface area (Å²) in [5, 5.41) is 1.29. The quantitative estimate of drug-likeness (QED) is 0.542. The van der Waals surface area contributed by atoms with Gasteiger partial charge in [-0.25, -0.2) is 4.79 Å². The van der Waals surface area contributed by atoms with Crippen LogP contribution in [0.25, 0.3) is 11.0 Å². The summed E-state index contributed by atoms with van der Waals surface area (Å²) in [4.78, 5) is 22.2. The monoisotopic (exact) mass is 314 g/mol. The molecule has 0 saturated carbocycles. The third-order valence-electron chi connectivity index (χ3n) is 3.20. The third kappa shape index (κ3) is 3.02. The van der Waals surface area contributed by atoms with Gasteiger partial charge in [-0.3, -0.25) is 4.79 Å². The Labute approximate surface area is 130 Å². The van der Waals surface area contributed by atoms with Crippen LogP contribution in [0.5, 0.6) is 5.75 Å². The number of fused-ring (bicyclic) bond motifs is 1. The molecule has 0 saturated heterocycles. The molecule has 0 radical (unpaired) electrons. The highest BCUT2D eigenvalue weighted by atomic mass is 35.5. The van der Waals surface area contributed by atoms with Gasteiger partial charge in [0, 0.05) is 27.6 Å². The maximum Gasteiger partial charge on any atom is 0.336 e. The van der Waals surface area contributed by atoms with Crippen LogP contribution in [-0.4, -0.2) is 6.29 Å². The minimum Gasteiger partial charge on any atom is -0.489 e. The van der Waals surface area contributed by atoms with Gasteiger partial charge in [0.1, 0.15) is 24.2 Å². The van der Waals surface area contributed by atoms with Crippen molar-refractivity contribution in [1.29, 1.82) is 0 Å². The maximum absolute atomic E-state index is 11.6. The molecular formula is C17H11ClO4. The molecule has 0 N–H and O–H groups in total. The van der Waals surface area contributed by atoms with Gasteiger partial charge >= 0.3 is 5.63 Å². The summed E-state index contributed by atoms with van der Waals surface area (Å²) in [6.07, 6.45) is 0.766. The number of hydrogen-bond donors (Lipinski definition) is 0. The minimum atomic E-state index is -0.440. The second-order valence-corrected chi connectivity index (χ2v) is 5.14. The van der Waals surface area contributed by atoms with Gasteiger partial charge < -0.3 is 9.15 Å². The first-order chi connectivity index (χ1) is 10.7. The van der Waals surface area contributed by atoms with Crippen LogP contribution in [0.2, 0.25) is 5.02 Å². The van der Waals surface area contributed by atoms with E-state index in [-0.39, 0.29) is 6.61 Å². The van der Waals surface area contributed by atoms with E-state index >= 15 is 0 Å². The minimum absolute atomic E-state index is 0.197. The molecular weight excluding hydrogens is 304 g/mol. The molecule has 2 aromatic carbocycles. The molecule has 1 aromatic heterocycles. The molecule has 0 bridgehead atoms. The smallest absolute Gasteiger partial charge is 0.336 e. The van der Waals surface area contributed by atoms with Crippen LogP contribution in [0, 0.1) is 0 Å². The fourth-order valence-electron chi connectivity index (χ4n) is 2.12. The van der Waals surface area contributed by atoms with E-state index in [0.717, 1.165) is 11.7 Å². The summed E-state index contributed by atoms with van der Waals surface area (Å²) in [5.74, 6) is 0.606. The fourth-order valence-corrected chi connectivity index (χ4v) is 2.30. The predicted molar refractivity (Wildman–Crippen MR) is 83.7 cm³/mol. The van der Waals surface area contributed by atoms with Gasteiger partial charge in [0.25, 0.3) is 0 Å². The largest absolute Gasteiger partial charge is 0.489 e. The second kappa shape index (κ2) is 6.03. The van der Waals surface area contributed by atoms with E-state index in [2.05, 4.69) is 0 Å². The van der Waals surface area contributed by atoms with Crippen LogP contribution in [0.1, 0.15) is 15.9 Å². The Morgan fingerprint density at radius 3 is 2.59 bits per heavy atom. The summed E-state index contributed by atoms with van der Waals surface area (Å²) in [7, 11) is 0. The molecule has 5 heteroatoms. The van der Waals surface area contributed by atoms with E-state index in [1.165, 1.54) is 6.07 Å². The van der Waals surface area contributed by atoms with E-state index in [1.807, 2.05) is 0 Å². The van der Waals surface area contributed by atoms with Gasteiger partial charge in [-0.05, 0) is 42.5 Å². The van der Waals surface area contributed by atoms with Crippen molar-refractivity contribution < 1.29 is 13.9 Å². The molecule has 0 atom stereocenters. The predicted octanol–water partition coefficient (Wildman–Crippen LogP) is 3.84. The topological polar surface area (TPSA) is 56.5 Å². The number of rotatable bonds is 4. The molecule has 3 aromatic rings. The lowest BCUT2D eigenvalue weighted by molar-refractivity contribution is 0.112. The zero-order chi connectivity index (χ0) is 15.5. The summed E-state index contributed by atoms with van der Waals surface area (Å²) in [6.45, 7) is 0.197. The average molecular weight is 315 g/mol. The second-order valence-electron chi connectivity index (χ2n) is 4.71. The molecule has 0 fully saturated rings. The van der Waals surface area contributed by atoms with Gasteiger partial charge in [-0.15, -0.1) is 0 Å². The molecule has 0 amide bonds. The number of aldehydes is 1. The zero-order valence-electron chi connectivity index (χ0n) is 11.4. The summed E-state index contributed by atoms with van der Waals surface area (Å²) in [6, 6.07) is 13.2. The Morgan fingerprint density at radius 2 is 1.86 bits per heavy atom. The van der Waals surface area contributed by atoms with Crippen molar-refractivity contribution in [3.8, 4) is 5.75 Å². The highest BCUT2D eigenvalue weighted by Gasteiger charge is 2.07. The standard InChI is InChI=1S/C17H11ClO4/c18-13-3-6-16-15(8-13)12(7-17(20)22-16)10-21-14-4-1-11(9-19)2-5-14/h1-9H,10H2. The highest BCUT2D eigenvalue weighted by molar-refractivity contribution is 6.31. The van der Waals surface area contributed by atoms with Crippen LogP contribution < -0.4 is 10.4 Å². The molecule has 3 rings (SSSR count). The highest BCUT2D eigenvalue weighted by Crippen LogP contribution is 2.23. The van der Waals surface area contributed by atoms with Crippen LogP contribution in [0.3, 0.4) is 0 Å². The fraction of sp³-hybridized carbons (Fsp3) is 0.0588. The van der Waals surface area contributed by atoms with Crippen molar-refractivity contribution >= 4 is 28.9 Å². The Balaban J connectivity index is 1.90. The van der Waals surface area contributed by atoms with Gasteiger partial charge in [-0.1, -0.05) is 11.6 Å². The number of hydrogen-bond acceptors (Lipinski definition) is 4. The Hall–Kier alpha value is -2.59. The molecule has 0 aliphatic heterocycles. The Kier molecular flexibility index (Phi) is 3.94. The van der Waals surface area contributed by atoms with E-state index in [1.54, 1.807) is 42.5 Å². The van der Waals surface area contributed by atoms with Crippen molar-refractivity contribution in [2.75, 3.05) is 0 Å². The van der Waals surface area contributed by atoms with Crippen molar-refractivity contribution in [2.45, 2.75) is 6.61 Å². The van der Waals surface area contributed by atoms with Crippen molar-refractivity contribution in [1.82, 2.24) is 0 Å². The molecule has 110 valence electrons. The lowest BCUT2D eigenvalue weighted by Gasteiger charge is -2.08. The van der Waals surface area contributed by atoms with Crippen LogP contribution in [0.15, 0.2) is 57.7 Å². The average Bonchev–Trinajstić information content (AvgIpc) is 2.53. The summed E-state index contributed by atoms with van der Waals surface area (Å²) < 4.78 is 10.8. The molecule has 0 aliphatic carbocycles. The number of carbonyl (C=O) groups is 1. The van der Waals surface area contributed by atoms with E-state index < -0.39 is 5.63 Å². The van der Waals surface area contributed by atoms with Crippen LogP contribution >= 0.6 is 11.6 Å². The normalized spacial score (nSPS) is 10.6. The number of carbonyl (C=O) groups excluding carboxylic acids is 1. The van der Waals surface area contributed by atoms with Gasteiger partial charge in [-0.2, -0.15) is 0 Å². The third-order valence-corrected chi connectivity index (χ3v) is 3.44. The van der Waals surface area contributed by atoms with Crippen LogP contribution in [0.4, 0.5) is 0 Å². The number of halogens is 1. The molecule has 0 unspecified atom stereocenters. The lowest BCUT2D eigenvalue weighted by atomic mass is 10.1. The first kappa shape index (κ1) is 14.4. The van der Waals surface area contributed by atoms with Gasteiger partial charge in [0.15, 0.2) is 0 Å². The summed E-state index contributed by atoms with van der Waals surface area (Å²) >= 11 is 5.99. The van der Waals surface area contributed by atoms with Crippen molar-refractivity contribution in [2.24, 2.45) is 0 Å². The first-order valence-electron chi connectivity index (χ1n) is 6.56. The summed E-state index contributed by atoms with van der Waals surface area (Å²) in [5.41, 5.74) is 1.29. The van der Waals surface area contributed by atoms with Crippen LogP contribution in [-0.2, 0) is 6.61 Å². The number of ether oxygens (including phenoxy) is 1. The number of benzene rings is 2. The molecule has 4 nitrogen and oxygen atoms in total. The zero-order valence-corrected chi connectivity index (χ0v) is 12.2. The lowest BCUT2D eigenvalue weighted by Crippen LogP contribution is -2.04.